The Morgan fingerprint density at radius 1 is 1.50 bits per heavy atom. The zero-order valence-corrected chi connectivity index (χ0v) is 8.47. The van der Waals surface area contributed by atoms with Gasteiger partial charge in [0, 0.05) is 12.5 Å². The zero-order chi connectivity index (χ0) is 9.19. The quantitative estimate of drug-likeness (QED) is 0.702. The Morgan fingerprint density at radius 2 is 2.17 bits per heavy atom. The SMILES string of the molecule is CCC(C)(C)C1OCCC1CN. The summed E-state index contributed by atoms with van der Waals surface area (Å²) in [7, 11) is 0. The third-order valence-corrected chi connectivity index (χ3v) is 3.20. The van der Waals surface area contributed by atoms with E-state index in [9.17, 15) is 0 Å². The Labute approximate surface area is 75.5 Å². The van der Waals surface area contributed by atoms with Crippen molar-refractivity contribution in [1.29, 1.82) is 0 Å². The molecule has 1 heterocycles. The summed E-state index contributed by atoms with van der Waals surface area (Å²) in [6.45, 7) is 8.43. The van der Waals surface area contributed by atoms with Gasteiger partial charge in [0.25, 0.3) is 0 Å². The molecule has 12 heavy (non-hydrogen) atoms. The first-order valence-electron chi connectivity index (χ1n) is 4.93. The fraction of sp³-hybridized carbons (Fsp3) is 1.00. The molecule has 72 valence electrons. The summed E-state index contributed by atoms with van der Waals surface area (Å²) in [5.74, 6) is 0.583. The number of hydrogen-bond acceptors (Lipinski definition) is 2. The van der Waals surface area contributed by atoms with Crippen molar-refractivity contribution in [2.24, 2.45) is 17.1 Å². The predicted octanol–water partition coefficient (Wildman–Crippen LogP) is 1.79. The van der Waals surface area contributed by atoms with Gasteiger partial charge in [0.05, 0.1) is 6.10 Å². The molecule has 0 saturated carbocycles. The van der Waals surface area contributed by atoms with Crippen molar-refractivity contribution in [3.63, 3.8) is 0 Å². The van der Waals surface area contributed by atoms with Crippen molar-refractivity contribution < 1.29 is 4.74 Å². The fourth-order valence-electron chi connectivity index (χ4n) is 1.94. The minimum atomic E-state index is 0.292. The molecule has 1 aliphatic rings. The Hall–Kier alpha value is -0.0800. The Balaban J connectivity index is 2.60. The van der Waals surface area contributed by atoms with Gasteiger partial charge in [0.2, 0.25) is 0 Å². The van der Waals surface area contributed by atoms with E-state index in [0.717, 1.165) is 26.0 Å². The monoisotopic (exact) mass is 171 g/mol. The van der Waals surface area contributed by atoms with Gasteiger partial charge in [-0.2, -0.15) is 0 Å². The Kier molecular flexibility index (Phi) is 3.13. The maximum absolute atomic E-state index is 5.73. The molecule has 0 aromatic carbocycles. The minimum Gasteiger partial charge on any atom is -0.377 e. The topological polar surface area (TPSA) is 35.2 Å². The smallest absolute Gasteiger partial charge is 0.0666 e. The molecule has 1 rings (SSSR count). The second-order valence-corrected chi connectivity index (χ2v) is 4.42. The van der Waals surface area contributed by atoms with E-state index in [1.165, 1.54) is 0 Å². The van der Waals surface area contributed by atoms with Crippen molar-refractivity contribution >= 4 is 0 Å². The number of nitrogens with two attached hydrogens (primary N) is 1. The van der Waals surface area contributed by atoms with Crippen LogP contribution >= 0.6 is 0 Å². The van der Waals surface area contributed by atoms with Gasteiger partial charge in [-0.1, -0.05) is 20.8 Å². The van der Waals surface area contributed by atoms with Crippen LogP contribution in [0.15, 0.2) is 0 Å². The van der Waals surface area contributed by atoms with Gasteiger partial charge in [-0.25, -0.2) is 0 Å². The molecule has 2 heteroatoms. The van der Waals surface area contributed by atoms with Crippen LogP contribution < -0.4 is 5.73 Å². The standard InChI is InChI=1S/C10H21NO/c1-4-10(2,3)9-8(7-11)5-6-12-9/h8-9H,4-7,11H2,1-3H3. The van der Waals surface area contributed by atoms with Crippen molar-refractivity contribution in [2.75, 3.05) is 13.2 Å². The first-order valence-corrected chi connectivity index (χ1v) is 4.93. The lowest BCUT2D eigenvalue weighted by Gasteiger charge is -2.33. The van der Waals surface area contributed by atoms with Crippen LogP contribution in [0.2, 0.25) is 0 Å². The molecule has 0 spiro atoms. The normalized spacial score (nSPS) is 31.0. The van der Waals surface area contributed by atoms with Gasteiger partial charge in [-0.3, -0.25) is 0 Å². The third kappa shape index (κ3) is 1.80. The van der Waals surface area contributed by atoms with Crippen LogP contribution in [0.5, 0.6) is 0 Å². The lowest BCUT2D eigenvalue weighted by molar-refractivity contribution is -0.00281. The maximum Gasteiger partial charge on any atom is 0.0666 e. The molecule has 0 aliphatic carbocycles. The number of rotatable bonds is 3. The first-order chi connectivity index (χ1) is 5.61. The molecule has 2 nitrogen and oxygen atoms in total. The molecule has 0 aromatic rings. The average molecular weight is 171 g/mol. The summed E-state index contributed by atoms with van der Waals surface area (Å²) in [4.78, 5) is 0. The molecule has 2 atom stereocenters. The van der Waals surface area contributed by atoms with Crippen LogP contribution in [-0.4, -0.2) is 19.3 Å². The number of ether oxygens (including phenoxy) is 1. The second-order valence-electron chi connectivity index (χ2n) is 4.42. The molecule has 2 unspecified atom stereocenters. The highest BCUT2D eigenvalue weighted by Gasteiger charge is 2.37. The van der Waals surface area contributed by atoms with E-state index in [4.69, 9.17) is 10.5 Å². The van der Waals surface area contributed by atoms with E-state index >= 15 is 0 Å². The molecular weight excluding hydrogens is 150 g/mol. The summed E-state index contributed by atoms with van der Waals surface area (Å²) in [6, 6.07) is 0. The summed E-state index contributed by atoms with van der Waals surface area (Å²) < 4.78 is 5.73. The molecule has 0 bridgehead atoms. The zero-order valence-electron chi connectivity index (χ0n) is 8.47. The van der Waals surface area contributed by atoms with Crippen LogP contribution in [0, 0.1) is 11.3 Å². The molecule has 2 N–H and O–H groups in total. The summed E-state index contributed by atoms with van der Waals surface area (Å²) in [5, 5.41) is 0. The Bertz CT molecular complexity index is 145. The molecule has 0 aromatic heterocycles. The van der Waals surface area contributed by atoms with E-state index in [1.807, 2.05) is 0 Å². The Morgan fingerprint density at radius 3 is 2.67 bits per heavy atom. The summed E-state index contributed by atoms with van der Waals surface area (Å²) >= 11 is 0. The van der Waals surface area contributed by atoms with Crippen molar-refractivity contribution in [2.45, 2.75) is 39.7 Å². The maximum atomic E-state index is 5.73. The highest BCUT2D eigenvalue weighted by molar-refractivity contribution is 4.87. The molecule has 1 aliphatic heterocycles. The molecule has 1 fully saturated rings. The van der Waals surface area contributed by atoms with Crippen LogP contribution in [0.4, 0.5) is 0 Å². The van der Waals surface area contributed by atoms with Gasteiger partial charge in [0.15, 0.2) is 0 Å². The highest BCUT2D eigenvalue weighted by Crippen LogP contribution is 2.36. The fourth-order valence-corrected chi connectivity index (χ4v) is 1.94. The van der Waals surface area contributed by atoms with Crippen molar-refractivity contribution in [3.8, 4) is 0 Å². The van der Waals surface area contributed by atoms with Crippen LogP contribution in [0.3, 0.4) is 0 Å². The lowest BCUT2D eigenvalue weighted by atomic mass is 9.78. The van der Waals surface area contributed by atoms with Crippen molar-refractivity contribution in [1.82, 2.24) is 0 Å². The highest BCUT2D eigenvalue weighted by atomic mass is 16.5. The van der Waals surface area contributed by atoms with Gasteiger partial charge in [-0.05, 0) is 24.8 Å². The van der Waals surface area contributed by atoms with E-state index in [-0.39, 0.29) is 0 Å². The van der Waals surface area contributed by atoms with Crippen LogP contribution in [-0.2, 0) is 4.74 Å². The van der Waals surface area contributed by atoms with Crippen LogP contribution in [0.1, 0.15) is 33.6 Å². The van der Waals surface area contributed by atoms with E-state index in [2.05, 4.69) is 20.8 Å². The van der Waals surface area contributed by atoms with Crippen LogP contribution in [0.25, 0.3) is 0 Å². The predicted molar refractivity (Wildman–Crippen MR) is 51.0 cm³/mol. The van der Waals surface area contributed by atoms with E-state index in [0.29, 0.717) is 17.4 Å². The average Bonchev–Trinajstić information content (AvgIpc) is 2.52. The van der Waals surface area contributed by atoms with Gasteiger partial charge < -0.3 is 10.5 Å². The van der Waals surface area contributed by atoms with Gasteiger partial charge in [0.1, 0.15) is 0 Å². The number of hydrogen-bond donors (Lipinski definition) is 1. The summed E-state index contributed by atoms with van der Waals surface area (Å²) in [5.41, 5.74) is 5.99. The molecular formula is C10H21NO. The van der Waals surface area contributed by atoms with Gasteiger partial charge in [-0.15, -0.1) is 0 Å². The van der Waals surface area contributed by atoms with E-state index in [1.54, 1.807) is 0 Å². The summed E-state index contributed by atoms with van der Waals surface area (Å²) in [6.07, 6.45) is 2.69. The first kappa shape index (κ1) is 10.0. The minimum absolute atomic E-state index is 0.292. The molecule has 0 amide bonds. The van der Waals surface area contributed by atoms with Gasteiger partial charge >= 0.3 is 0 Å². The molecule has 1 saturated heterocycles. The van der Waals surface area contributed by atoms with E-state index < -0.39 is 0 Å². The lowest BCUT2D eigenvalue weighted by Crippen LogP contribution is -2.36. The van der Waals surface area contributed by atoms with Crippen molar-refractivity contribution in [3.05, 3.63) is 0 Å². The third-order valence-electron chi connectivity index (χ3n) is 3.20. The largest absolute Gasteiger partial charge is 0.377 e. The molecule has 0 radical (unpaired) electrons. The second kappa shape index (κ2) is 3.75.